The Morgan fingerprint density at radius 2 is 1.57 bits per heavy atom. The van der Waals surface area contributed by atoms with Crippen LogP contribution in [0.15, 0.2) is 42.5 Å². The van der Waals surface area contributed by atoms with Gasteiger partial charge in [0, 0.05) is 32.6 Å². The minimum absolute atomic E-state index is 0.693. The topological polar surface area (TPSA) is 66.8 Å². The lowest BCUT2D eigenvalue weighted by atomic mass is 9.73. The van der Waals surface area contributed by atoms with Crippen LogP contribution in [0.2, 0.25) is 6.82 Å². The molecule has 2 aromatic heterocycles. The van der Waals surface area contributed by atoms with Gasteiger partial charge in [-0.3, -0.25) is 0 Å². The number of fused-ring (bicyclic) bond motifs is 6. The minimum Gasteiger partial charge on any atom is -0.489 e. The Morgan fingerprint density at radius 1 is 0.867 bits per heavy atom. The zero-order valence-electron chi connectivity index (χ0n) is 17.8. The third-order valence-corrected chi connectivity index (χ3v) is 6.14. The van der Waals surface area contributed by atoms with E-state index in [1.165, 1.54) is 32.5 Å². The Morgan fingerprint density at radius 3 is 2.27 bits per heavy atom. The Kier molecular flexibility index (Phi) is 4.95. The maximum Gasteiger partial charge on any atom is 0.167 e. The molecule has 30 heavy (non-hydrogen) atoms. The highest BCUT2D eigenvalue weighted by Gasteiger charge is 2.17. The monoisotopic (exact) mass is 395 g/mol. The number of nitrogens with two attached hydrogens (primary N) is 1. The lowest BCUT2D eigenvalue weighted by Crippen LogP contribution is -2.08. The molecule has 0 spiro atoms. The number of ether oxygens (including phenoxy) is 1. The average Bonchev–Trinajstić information content (AvgIpc) is 3.30. The van der Waals surface area contributed by atoms with Crippen molar-refractivity contribution in [3.05, 3.63) is 42.5 Å². The van der Waals surface area contributed by atoms with Crippen molar-refractivity contribution in [2.75, 3.05) is 13.2 Å². The van der Waals surface area contributed by atoms with E-state index >= 15 is 0 Å². The fourth-order valence-electron chi connectivity index (χ4n) is 4.48. The largest absolute Gasteiger partial charge is 0.489 e. The van der Waals surface area contributed by atoms with E-state index < -0.39 is 0 Å². The van der Waals surface area contributed by atoms with Gasteiger partial charge < -0.3 is 20.4 Å². The van der Waals surface area contributed by atoms with E-state index in [1.807, 2.05) is 0 Å². The molecular formula is C24H27B2N3O. The number of benzene rings is 3. The Labute approximate surface area is 177 Å². The molecule has 0 saturated heterocycles. The first-order chi connectivity index (χ1) is 14.7. The van der Waals surface area contributed by atoms with Crippen molar-refractivity contribution in [2.45, 2.75) is 26.1 Å². The molecule has 6 heteroatoms. The normalized spacial score (nSPS) is 11.8. The molecule has 150 valence electrons. The van der Waals surface area contributed by atoms with Crippen LogP contribution in [0.1, 0.15) is 19.3 Å². The molecule has 4 nitrogen and oxygen atoms in total. The Balaban J connectivity index is 1.75. The van der Waals surface area contributed by atoms with Gasteiger partial charge in [0.1, 0.15) is 7.85 Å². The summed E-state index contributed by atoms with van der Waals surface area (Å²) in [5, 5.41) is 4.97. The van der Waals surface area contributed by atoms with Gasteiger partial charge in [0.05, 0.1) is 17.6 Å². The van der Waals surface area contributed by atoms with Crippen molar-refractivity contribution >= 4 is 69.7 Å². The van der Waals surface area contributed by atoms with Crippen molar-refractivity contribution < 1.29 is 4.74 Å². The zero-order chi connectivity index (χ0) is 20.7. The fourth-order valence-corrected chi connectivity index (χ4v) is 4.48. The molecule has 0 aliphatic rings. The van der Waals surface area contributed by atoms with Crippen LogP contribution in [-0.2, 0) is 0 Å². The van der Waals surface area contributed by atoms with Crippen LogP contribution in [0.3, 0.4) is 0 Å². The van der Waals surface area contributed by atoms with E-state index in [4.69, 9.17) is 10.5 Å². The van der Waals surface area contributed by atoms with Gasteiger partial charge >= 0.3 is 0 Å². The maximum absolute atomic E-state index is 6.42. The SMILES string of the molecule is Bc1ccc2[nH]c3c(OCCCCCN)c4[nH]c5ccc(BC)cc5c4cc3c2c1. The standard InChI is InChI=1S/C24H27B2N3O/c1-26-15-6-8-21-17(12-15)19-13-18-16-11-14(25)5-7-20(16)28-22(18)24(23(19)29-21)30-10-4-2-3-9-27/h5-8,11-13,26,28-29H,2-4,9-10,25,27H2,1H3. The van der Waals surface area contributed by atoms with Crippen molar-refractivity contribution in [3.63, 3.8) is 0 Å². The maximum atomic E-state index is 6.42. The number of nitrogens with one attached hydrogen (secondary N) is 2. The molecular weight excluding hydrogens is 368 g/mol. The van der Waals surface area contributed by atoms with Crippen molar-refractivity contribution in [1.82, 2.24) is 9.97 Å². The van der Waals surface area contributed by atoms with E-state index in [9.17, 15) is 0 Å². The van der Waals surface area contributed by atoms with Crippen LogP contribution in [0.25, 0.3) is 43.6 Å². The molecule has 3 aromatic carbocycles. The van der Waals surface area contributed by atoms with Gasteiger partial charge in [-0.1, -0.05) is 42.0 Å². The summed E-state index contributed by atoms with van der Waals surface area (Å²) < 4.78 is 6.42. The van der Waals surface area contributed by atoms with Crippen LogP contribution in [0, 0.1) is 0 Å². The van der Waals surface area contributed by atoms with E-state index in [0.29, 0.717) is 6.61 Å². The third-order valence-electron chi connectivity index (χ3n) is 6.14. The molecule has 0 fully saturated rings. The highest BCUT2D eigenvalue weighted by atomic mass is 16.5. The second-order valence-electron chi connectivity index (χ2n) is 8.28. The Bertz CT molecular complexity index is 1370. The summed E-state index contributed by atoms with van der Waals surface area (Å²) in [6.45, 7) is 3.63. The highest BCUT2D eigenvalue weighted by Crippen LogP contribution is 2.40. The summed E-state index contributed by atoms with van der Waals surface area (Å²) in [5.41, 5.74) is 12.7. The number of aromatic amines is 2. The van der Waals surface area contributed by atoms with Gasteiger partial charge in [-0.05, 0) is 44.0 Å². The fraction of sp³-hybridized carbons (Fsp3) is 0.250. The molecule has 0 atom stereocenters. The molecule has 0 saturated carbocycles. The van der Waals surface area contributed by atoms with Gasteiger partial charge in [-0.15, -0.1) is 0 Å². The first-order valence-electron chi connectivity index (χ1n) is 11.0. The van der Waals surface area contributed by atoms with Crippen molar-refractivity contribution in [2.24, 2.45) is 5.73 Å². The van der Waals surface area contributed by atoms with Crippen molar-refractivity contribution in [1.29, 1.82) is 0 Å². The molecule has 5 rings (SSSR count). The first kappa shape index (κ1) is 19.1. The number of unbranched alkanes of at least 4 members (excludes halogenated alkanes) is 2. The first-order valence-corrected chi connectivity index (χ1v) is 11.0. The van der Waals surface area contributed by atoms with Gasteiger partial charge in [-0.2, -0.15) is 0 Å². The van der Waals surface area contributed by atoms with Crippen LogP contribution in [-0.4, -0.2) is 38.2 Å². The molecule has 0 bridgehead atoms. The van der Waals surface area contributed by atoms with Gasteiger partial charge in [0.15, 0.2) is 13.0 Å². The number of hydrogen-bond acceptors (Lipinski definition) is 2. The van der Waals surface area contributed by atoms with E-state index in [2.05, 4.69) is 67.1 Å². The molecule has 0 radical (unpaired) electrons. The molecule has 0 aliphatic carbocycles. The molecule has 0 aliphatic heterocycles. The predicted octanol–water partition coefficient (Wildman–Crippen LogP) is 2.83. The zero-order valence-corrected chi connectivity index (χ0v) is 17.8. The summed E-state index contributed by atoms with van der Waals surface area (Å²) in [6.07, 6.45) is 3.14. The lowest BCUT2D eigenvalue weighted by Gasteiger charge is -2.09. The van der Waals surface area contributed by atoms with Gasteiger partial charge in [-0.25, -0.2) is 0 Å². The number of rotatable bonds is 7. The molecule has 0 amide bonds. The summed E-state index contributed by atoms with van der Waals surface area (Å²) in [7, 11) is 3.17. The summed E-state index contributed by atoms with van der Waals surface area (Å²) in [5.74, 6) is 0.929. The van der Waals surface area contributed by atoms with Crippen LogP contribution in [0.5, 0.6) is 5.75 Å². The van der Waals surface area contributed by atoms with Crippen LogP contribution < -0.4 is 21.4 Å². The summed E-state index contributed by atoms with van der Waals surface area (Å²) in [4.78, 5) is 7.25. The smallest absolute Gasteiger partial charge is 0.167 e. The van der Waals surface area contributed by atoms with E-state index in [-0.39, 0.29) is 0 Å². The molecule has 5 aromatic rings. The number of aromatic nitrogens is 2. The average molecular weight is 395 g/mol. The summed E-state index contributed by atoms with van der Waals surface area (Å²) >= 11 is 0. The molecule has 0 unspecified atom stereocenters. The second-order valence-corrected chi connectivity index (χ2v) is 8.28. The predicted molar refractivity (Wildman–Crippen MR) is 134 cm³/mol. The van der Waals surface area contributed by atoms with Crippen LogP contribution in [0.4, 0.5) is 0 Å². The number of H-pyrrole nitrogens is 2. The third kappa shape index (κ3) is 3.16. The van der Waals surface area contributed by atoms with Crippen LogP contribution >= 0.6 is 0 Å². The van der Waals surface area contributed by atoms with Crippen molar-refractivity contribution in [3.8, 4) is 5.75 Å². The molecule has 2 heterocycles. The van der Waals surface area contributed by atoms with E-state index in [0.717, 1.165) is 60.9 Å². The van der Waals surface area contributed by atoms with E-state index in [1.54, 1.807) is 0 Å². The lowest BCUT2D eigenvalue weighted by molar-refractivity contribution is 0.311. The second kappa shape index (κ2) is 7.77. The molecule has 4 N–H and O–H groups in total. The highest BCUT2D eigenvalue weighted by molar-refractivity contribution is 6.52. The van der Waals surface area contributed by atoms with Gasteiger partial charge in [0.25, 0.3) is 0 Å². The summed E-state index contributed by atoms with van der Waals surface area (Å²) in [6, 6.07) is 15.6. The van der Waals surface area contributed by atoms with Gasteiger partial charge in [0.2, 0.25) is 0 Å². The Hall–Kier alpha value is -2.85. The number of hydrogen-bond donors (Lipinski definition) is 3. The quantitative estimate of drug-likeness (QED) is 0.293. The minimum atomic E-state index is 0.693.